The van der Waals surface area contributed by atoms with Gasteiger partial charge in [0.15, 0.2) is 4.90 Å². The molecular formula is C17H18FN3O4S. The first-order valence-electron chi connectivity index (χ1n) is 8.08. The number of sulfonamides is 1. The molecular weight excluding hydrogens is 361 g/mol. The lowest BCUT2D eigenvalue weighted by molar-refractivity contribution is -0.387. The second kappa shape index (κ2) is 7.48. The van der Waals surface area contributed by atoms with Gasteiger partial charge in [-0.25, -0.2) is 12.8 Å². The molecule has 0 bridgehead atoms. The van der Waals surface area contributed by atoms with Gasteiger partial charge in [-0.3, -0.25) is 15.0 Å². The fraction of sp³-hybridized carbons (Fsp3) is 0.294. The number of hydrogen-bond acceptors (Lipinski definition) is 5. The highest BCUT2D eigenvalue weighted by atomic mass is 32.2. The number of nitro groups is 1. The van der Waals surface area contributed by atoms with E-state index in [9.17, 15) is 22.9 Å². The van der Waals surface area contributed by atoms with Gasteiger partial charge in [0.2, 0.25) is 10.0 Å². The summed E-state index contributed by atoms with van der Waals surface area (Å²) in [7, 11) is -3.92. The van der Waals surface area contributed by atoms with Gasteiger partial charge in [-0.2, -0.15) is 4.31 Å². The number of hydrogen-bond donors (Lipinski definition) is 0. The average Bonchev–Trinajstić information content (AvgIpc) is 2.64. The minimum Gasteiger partial charge on any atom is -0.296 e. The molecule has 3 rings (SSSR count). The van der Waals surface area contributed by atoms with Crippen molar-refractivity contribution in [3.63, 3.8) is 0 Å². The van der Waals surface area contributed by atoms with Crippen LogP contribution in [0.5, 0.6) is 0 Å². The zero-order valence-electron chi connectivity index (χ0n) is 13.9. The molecule has 9 heteroatoms. The fourth-order valence-corrected chi connectivity index (χ4v) is 4.52. The van der Waals surface area contributed by atoms with Gasteiger partial charge in [0.05, 0.1) is 4.92 Å². The fourth-order valence-electron chi connectivity index (χ4n) is 2.94. The van der Waals surface area contributed by atoms with Crippen molar-refractivity contribution < 1.29 is 17.7 Å². The van der Waals surface area contributed by atoms with Gasteiger partial charge in [0.1, 0.15) is 5.82 Å². The topological polar surface area (TPSA) is 83.8 Å². The van der Waals surface area contributed by atoms with E-state index in [4.69, 9.17) is 0 Å². The van der Waals surface area contributed by atoms with Crippen LogP contribution in [0.15, 0.2) is 53.4 Å². The highest BCUT2D eigenvalue weighted by Gasteiger charge is 2.33. The molecule has 0 spiro atoms. The van der Waals surface area contributed by atoms with Gasteiger partial charge in [-0.15, -0.1) is 0 Å². The summed E-state index contributed by atoms with van der Waals surface area (Å²) in [6.07, 6.45) is 0. The Morgan fingerprint density at radius 3 is 2.23 bits per heavy atom. The van der Waals surface area contributed by atoms with Gasteiger partial charge >= 0.3 is 0 Å². The molecule has 7 nitrogen and oxygen atoms in total. The van der Waals surface area contributed by atoms with E-state index in [1.807, 2.05) is 0 Å². The summed E-state index contributed by atoms with van der Waals surface area (Å²) in [5.41, 5.74) is 0.530. The van der Waals surface area contributed by atoms with Crippen molar-refractivity contribution in [1.82, 2.24) is 9.21 Å². The van der Waals surface area contributed by atoms with E-state index >= 15 is 0 Å². The van der Waals surface area contributed by atoms with E-state index in [1.165, 1.54) is 40.7 Å². The highest BCUT2D eigenvalue weighted by molar-refractivity contribution is 7.89. The molecule has 0 amide bonds. The molecule has 2 aromatic carbocycles. The van der Waals surface area contributed by atoms with E-state index in [2.05, 4.69) is 4.90 Å². The molecule has 1 aliphatic rings. The van der Waals surface area contributed by atoms with Crippen LogP contribution in [-0.2, 0) is 16.6 Å². The van der Waals surface area contributed by atoms with Crippen LogP contribution >= 0.6 is 0 Å². The monoisotopic (exact) mass is 379 g/mol. The molecule has 2 aromatic rings. The summed E-state index contributed by atoms with van der Waals surface area (Å²) in [6.45, 7) is 2.08. The van der Waals surface area contributed by atoms with Crippen LogP contribution in [0, 0.1) is 15.9 Å². The Bertz CT molecular complexity index is 894. The summed E-state index contributed by atoms with van der Waals surface area (Å²) < 4.78 is 39.8. The van der Waals surface area contributed by atoms with Gasteiger partial charge in [0, 0.05) is 38.8 Å². The van der Waals surface area contributed by atoms with Crippen molar-refractivity contribution in [2.75, 3.05) is 26.2 Å². The molecule has 1 heterocycles. The summed E-state index contributed by atoms with van der Waals surface area (Å²) in [4.78, 5) is 12.2. The van der Waals surface area contributed by atoms with E-state index < -0.39 is 20.6 Å². The van der Waals surface area contributed by atoms with Crippen molar-refractivity contribution in [3.05, 3.63) is 70.0 Å². The maximum atomic E-state index is 13.0. The van der Waals surface area contributed by atoms with Crippen LogP contribution in [0.2, 0.25) is 0 Å². The Kier molecular flexibility index (Phi) is 5.30. The Balaban J connectivity index is 1.69. The molecule has 0 unspecified atom stereocenters. The first kappa shape index (κ1) is 18.4. The Morgan fingerprint density at radius 2 is 1.62 bits per heavy atom. The predicted octanol–water partition coefficient (Wildman–Crippen LogP) is 2.24. The number of nitro benzene ring substituents is 1. The number of para-hydroxylation sites is 1. The van der Waals surface area contributed by atoms with Crippen LogP contribution in [-0.4, -0.2) is 48.7 Å². The number of piperazine rings is 1. The highest BCUT2D eigenvalue weighted by Crippen LogP contribution is 2.27. The van der Waals surface area contributed by atoms with Crippen LogP contribution in [0.3, 0.4) is 0 Å². The van der Waals surface area contributed by atoms with Crippen molar-refractivity contribution in [1.29, 1.82) is 0 Å². The van der Waals surface area contributed by atoms with E-state index in [0.717, 1.165) is 5.56 Å². The zero-order valence-corrected chi connectivity index (χ0v) is 14.7. The third-order valence-electron chi connectivity index (χ3n) is 4.33. The smallest absolute Gasteiger partial charge is 0.289 e. The van der Waals surface area contributed by atoms with Gasteiger partial charge in [0.25, 0.3) is 5.69 Å². The molecule has 26 heavy (non-hydrogen) atoms. The van der Waals surface area contributed by atoms with Crippen LogP contribution < -0.4 is 0 Å². The van der Waals surface area contributed by atoms with E-state index in [-0.39, 0.29) is 23.8 Å². The minimum absolute atomic E-state index is 0.246. The molecule has 0 aromatic heterocycles. The van der Waals surface area contributed by atoms with Crippen molar-refractivity contribution in [2.45, 2.75) is 11.4 Å². The summed E-state index contributed by atoms with van der Waals surface area (Å²) in [5, 5.41) is 11.1. The lowest BCUT2D eigenvalue weighted by Gasteiger charge is -2.33. The van der Waals surface area contributed by atoms with E-state index in [1.54, 1.807) is 12.1 Å². The van der Waals surface area contributed by atoms with Gasteiger partial charge < -0.3 is 0 Å². The van der Waals surface area contributed by atoms with Gasteiger partial charge in [-0.05, 0) is 23.8 Å². The number of rotatable bonds is 5. The van der Waals surface area contributed by atoms with Crippen molar-refractivity contribution in [2.24, 2.45) is 0 Å². The van der Waals surface area contributed by atoms with Crippen molar-refractivity contribution in [3.8, 4) is 0 Å². The molecule has 1 aliphatic heterocycles. The second-order valence-electron chi connectivity index (χ2n) is 6.03. The maximum Gasteiger partial charge on any atom is 0.289 e. The molecule has 0 atom stereocenters. The average molecular weight is 379 g/mol. The molecule has 138 valence electrons. The van der Waals surface area contributed by atoms with Crippen LogP contribution in [0.25, 0.3) is 0 Å². The Hall–Kier alpha value is -2.36. The second-order valence-corrected chi connectivity index (χ2v) is 7.94. The maximum absolute atomic E-state index is 13.0. The third kappa shape index (κ3) is 3.90. The lowest BCUT2D eigenvalue weighted by Crippen LogP contribution is -2.48. The molecule has 0 N–H and O–H groups in total. The first-order valence-corrected chi connectivity index (χ1v) is 9.52. The molecule has 0 radical (unpaired) electrons. The van der Waals surface area contributed by atoms with Crippen LogP contribution in [0.4, 0.5) is 10.1 Å². The minimum atomic E-state index is -3.92. The summed E-state index contributed by atoms with van der Waals surface area (Å²) in [6, 6.07) is 11.6. The largest absolute Gasteiger partial charge is 0.296 e. The standard InChI is InChI=1S/C17H18FN3O4S/c18-15-7-5-14(6-8-15)13-19-9-11-20(12-10-19)26(24,25)17-4-2-1-3-16(17)21(22)23/h1-8H,9-13H2. The lowest BCUT2D eigenvalue weighted by atomic mass is 10.2. The Labute approximate surface area is 150 Å². The number of halogens is 1. The van der Waals surface area contributed by atoms with E-state index in [0.29, 0.717) is 19.6 Å². The summed E-state index contributed by atoms with van der Waals surface area (Å²) in [5.74, 6) is -0.297. The van der Waals surface area contributed by atoms with Crippen molar-refractivity contribution >= 4 is 15.7 Å². The third-order valence-corrected chi connectivity index (χ3v) is 6.28. The summed E-state index contributed by atoms with van der Waals surface area (Å²) >= 11 is 0. The molecule has 1 fully saturated rings. The number of nitrogens with zero attached hydrogens (tertiary/aromatic N) is 3. The molecule has 1 saturated heterocycles. The SMILES string of the molecule is O=[N+]([O-])c1ccccc1S(=O)(=O)N1CCN(Cc2ccc(F)cc2)CC1. The number of benzene rings is 2. The Morgan fingerprint density at radius 1 is 1.00 bits per heavy atom. The van der Waals surface area contributed by atoms with Crippen LogP contribution in [0.1, 0.15) is 5.56 Å². The quantitative estimate of drug-likeness (QED) is 0.588. The molecule has 0 saturated carbocycles. The zero-order chi connectivity index (χ0) is 18.7. The normalized spacial score (nSPS) is 16.5. The van der Waals surface area contributed by atoms with Gasteiger partial charge in [-0.1, -0.05) is 24.3 Å². The molecule has 0 aliphatic carbocycles. The predicted molar refractivity (Wildman–Crippen MR) is 93.5 cm³/mol. The first-order chi connectivity index (χ1) is 12.4.